The molecule has 0 aliphatic carbocycles. The Kier molecular flexibility index (Phi) is 5.64. The summed E-state index contributed by atoms with van der Waals surface area (Å²) in [5.74, 6) is 0. The van der Waals surface area contributed by atoms with E-state index in [0.717, 1.165) is 11.0 Å². The van der Waals surface area contributed by atoms with Crippen LogP contribution in [0.15, 0.2) is 11.5 Å². The van der Waals surface area contributed by atoms with Crippen molar-refractivity contribution in [3.05, 3.63) is 11.5 Å². The number of rotatable bonds is 2. The van der Waals surface area contributed by atoms with E-state index in [-0.39, 0.29) is 6.61 Å². The van der Waals surface area contributed by atoms with Crippen LogP contribution in [0.2, 0.25) is 0 Å². The van der Waals surface area contributed by atoms with Crippen LogP contribution in [0.4, 0.5) is 0 Å². The molecule has 0 heterocycles. The zero-order valence-electron chi connectivity index (χ0n) is 3.10. The highest BCUT2D eigenvalue weighted by Crippen LogP contribution is 2.05. The van der Waals surface area contributed by atoms with Crippen LogP contribution in [-0.2, 0) is 0 Å². The summed E-state index contributed by atoms with van der Waals surface area (Å²) >= 11 is 0. The van der Waals surface area contributed by atoms with Gasteiger partial charge in [0.25, 0.3) is 0 Å². The van der Waals surface area contributed by atoms with Gasteiger partial charge >= 0.3 is 0 Å². The fourth-order valence-electron chi connectivity index (χ4n) is 0.0794. The van der Waals surface area contributed by atoms with E-state index in [1.807, 2.05) is 0 Å². The minimum atomic E-state index is 0.0692. The molecule has 0 saturated heterocycles. The molecular weight excluding hydrogens is 120 g/mol. The number of aliphatic hydroxyl groups excluding tert-OH is 1. The smallest absolute Gasteiger partial charge is 0.0620 e. The van der Waals surface area contributed by atoms with Crippen molar-refractivity contribution in [1.29, 1.82) is 0 Å². The fourth-order valence-corrected chi connectivity index (χ4v) is 0.456. The summed E-state index contributed by atoms with van der Waals surface area (Å²) in [6.45, 7) is 0.0692. The van der Waals surface area contributed by atoms with Gasteiger partial charge < -0.3 is 5.11 Å². The lowest BCUT2D eigenvalue weighted by Gasteiger charge is -1.70. The molecule has 1 nitrogen and oxygen atoms in total. The Balaban J connectivity index is 2.73. The van der Waals surface area contributed by atoms with Crippen molar-refractivity contribution < 1.29 is 5.11 Å². The molecule has 0 saturated carbocycles. The van der Waals surface area contributed by atoms with Gasteiger partial charge in [0.2, 0.25) is 0 Å². The molecule has 0 spiro atoms. The SMILES string of the molecule is OCC=CSCl. The predicted octanol–water partition coefficient (Wildman–Crippen LogP) is 1.38. The van der Waals surface area contributed by atoms with Crippen molar-refractivity contribution >= 4 is 21.7 Å². The summed E-state index contributed by atoms with van der Waals surface area (Å²) < 4.78 is 0. The van der Waals surface area contributed by atoms with Crippen molar-refractivity contribution in [3.63, 3.8) is 0 Å². The summed E-state index contributed by atoms with van der Waals surface area (Å²) in [6.07, 6.45) is 1.57. The van der Waals surface area contributed by atoms with Crippen molar-refractivity contribution in [3.8, 4) is 0 Å². The van der Waals surface area contributed by atoms with Crippen molar-refractivity contribution in [2.45, 2.75) is 0 Å². The Labute approximate surface area is 45.5 Å². The molecule has 0 bridgehead atoms. The van der Waals surface area contributed by atoms with Gasteiger partial charge in [-0.15, -0.1) is 0 Å². The van der Waals surface area contributed by atoms with E-state index >= 15 is 0 Å². The molecule has 0 aromatic carbocycles. The van der Waals surface area contributed by atoms with E-state index in [0.29, 0.717) is 0 Å². The average Bonchev–Trinajstić information content (AvgIpc) is 1.61. The molecule has 36 valence electrons. The second-order valence-electron chi connectivity index (χ2n) is 0.643. The summed E-state index contributed by atoms with van der Waals surface area (Å²) in [4.78, 5) is 0. The van der Waals surface area contributed by atoms with Crippen molar-refractivity contribution in [2.24, 2.45) is 0 Å². The van der Waals surface area contributed by atoms with Crippen LogP contribution >= 0.6 is 21.7 Å². The molecule has 0 rings (SSSR count). The van der Waals surface area contributed by atoms with Crippen LogP contribution in [-0.4, -0.2) is 11.7 Å². The van der Waals surface area contributed by atoms with E-state index in [1.165, 1.54) is 0 Å². The van der Waals surface area contributed by atoms with Crippen LogP contribution in [0.5, 0.6) is 0 Å². The first kappa shape index (κ1) is 6.34. The van der Waals surface area contributed by atoms with Gasteiger partial charge in [0, 0.05) is 0 Å². The Morgan fingerprint density at radius 2 is 2.50 bits per heavy atom. The number of halogens is 1. The summed E-state index contributed by atoms with van der Waals surface area (Å²) in [7, 11) is 6.16. The van der Waals surface area contributed by atoms with Gasteiger partial charge in [-0.3, -0.25) is 0 Å². The Bertz CT molecular complexity index is 40.1. The van der Waals surface area contributed by atoms with Crippen LogP contribution in [0.25, 0.3) is 0 Å². The molecule has 0 aromatic heterocycles. The average molecular weight is 125 g/mol. The summed E-state index contributed by atoms with van der Waals surface area (Å²) in [5, 5.41) is 9.65. The Hall–Kier alpha value is 0.340. The molecule has 3 heteroatoms. The van der Waals surface area contributed by atoms with Crippen LogP contribution in [0, 0.1) is 0 Å². The van der Waals surface area contributed by atoms with E-state index in [9.17, 15) is 0 Å². The zero-order chi connectivity index (χ0) is 4.83. The molecule has 0 amide bonds. The molecule has 6 heavy (non-hydrogen) atoms. The van der Waals surface area contributed by atoms with Crippen LogP contribution < -0.4 is 0 Å². The van der Waals surface area contributed by atoms with E-state index < -0.39 is 0 Å². The minimum Gasteiger partial charge on any atom is -0.392 e. The molecule has 0 aliphatic rings. The highest BCUT2D eigenvalue weighted by atomic mass is 35.7. The maximum Gasteiger partial charge on any atom is 0.0620 e. The monoisotopic (exact) mass is 124 g/mol. The molecule has 1 N–H and O–H groups in total. The zero-order valence-corrected chi connectivity index (χ0v) is 4.67. The largest absolute Gasteiger partial charge is 0.392 e. The fraction of sp³-hybridized carbons (Fsp3) is 0.333. The van der Waals surface area contributed by atoms with E-state index in [2.05, 4.69) is 0 Å². The highest BCUT2D eigenvalue weighted by Gasteiger charge is 1.62. The first-order valence-electron chi connectivity index (χ1n) is 1.45. The van der Waals surface area contributed by atoms with Gasteiger partial charge in [-0.2, -0.15) is 0 Å². The second-order valence-corrected chi connectivity index (χ2v) is 1.63. The molecule has 0 aromatic rings. The molecule has 0 fully saturated rings. The van der Waals surface area contributed by atoms with Crippen molar-refractivity contribution in [1.82, 2.24) is 0 Å². The third-order valence-electron chi connectivity index (χ3n) is 0.253. The Morgan fingerprint density at radius 1 is 1.83 bits per heavy atom. The minimum absolute atomic E-state index is 0.0692. The quantitative estimate of drug-likeness (QED) is 0.600. The molecule has 0 aliphatic heterocycles. The molecular formula is C3H5ClOS. The van der Waals surface area contributed by atoms with Crippen LogP contribution in [0.3, 0.4) is 0 Å². The maximum absolute atomic E-state index is 8.04. The lowest BCUT2D eigenvalue weighted by Crippen LogP contribution is -1.65. The normalized spacial score (nSPS) is 10.3. The van der Waals surface area contributed by atoms with Crippen LogP contribution in [0.1, 0.15) is 0 Å². The van der Waals surface area contributed by atoms with Gasteiger partial charge in [-0.05, 0) is 27.1 Å². The summed E-state index contributed by atoms with van der Waals surface area (Å²) in [5.41, 5.74) is 0. The highest BCUT2D eigenvalue weighted by molar-refractivity contribution is 8.23. The van der Waals surface area contributed by atoms with Crippen molar-refractivity contribution in [2.75, 3.05) is 6.61 Å². The predicted molar refractivity (Wildman–Crippen MR) is 29.7 cm³/mol. The third kappa shape index (κ3) is 4.34. The standard InChI is InChI=1S/C3H5ClOS/c4-6-3-1-2-5/h1,3,5H,2H2. The molecule has 0 radical (unpaired) electrons. The van der Waals surface area contributed by atoms with Gasteiger partial charge in [-0.25, -0.2) is 0 Å². The topological polar surface area (TPSA) is 20.2 Å². The molecule has 0 unspecified atom stereocenters. The second kappa shape index (κ2) is 5.34. The maximum atomic E-state index is 8.04. The Morgan fingerprint density at radius 3 is 2.67 bits per heavy atom. The molecule has 0 atom stereocenters. The lowest BCUT2D eigenvalue weighted by molar-refractivity contribution is 0.343. The van der Waals surface area contributed by atoms with Gasteiger partial charge in [-0.1, -0.05) is 6.08 Å². The van der Waals surface area contributed by atoms with Gasteiger partial charge in [0.15, 0.2) is 0 Å². The first-order chi connectivity index (χ1) is 2.91. The lowest BCUT2D eigenvalue weighted by atomic mass is 10.7. The third-order valence-corrected chi connectivity index (χ3v) is 0.857. The van der Waals surface area contributed by atoms with E-state index in [1.54, 1.807) is 11.5 Å². The summed E-state index contributed by atoms with van der Waals surface area (Å²) in [6, 6.07) is 0. The number of hydrogen-bond acceptors (Lipinski definition) is 2. The van der Waals surface area contributed by atoms with E-state index in [4.69, 9.17) is 15.8 Å². The number of hydrogen-bond donors (Lipinski definition) is 1. The first-order valence-corrected chi connectivity index (χ1v) is 3.15. The van der Waals surface area contributed by atoms with Gasteiger partial charge in [0.05, 0.1) is 6.61 Å². The van der Waals surface area contributed by atoms with Gasteiger partial charge in [0.1, 0.15) is 0 Å². The number of aliphatic hydroxyl groups is 1.